The van der Waals surface area contributed by atoms with E-state index in [2.05, 4.69) is 0 Å². The molecule has 1 aliphatic heterocycles. The number of benzene rings is 2. The van der Waals surface area contributed by atoms with Gasteiger partial charge in [0.05, 0.1) is 10.5 Å². The molecule has 0 bridgehead atoms. The predicted molar refractivity (Wildman–Crippen MR) is 100 cm³/mol. The molecule has 0 spiro atoms. The molecule has 1 fully saturated rings. The van der Waals surface area contributed by atoms with Crippen LogP contribution in [0.1, 0.15) is 11.1 Å². The van der Waals surface area contributed by atoms with E-state index in [1.165, 1.54) is 38.4 Å². The van der Waals surface area contributed by atoms with Crippen LogP contribution in [0.4, 0.5) is 18.9 Å². The molecule has 1 saturated heterocycles. The van der Waals surface area contributed by atoms with Gasteiger partial charge in [-0.1, -0.05) is 12.1 Å². The number of rotatable bonds is 4. The van der Waals surface area contributed by atoms with Crippen LogP contribution >= 0.6 is 0 Å². The van der Waals surface area contributed by atoms with E-state index in [1.807, 2.05) is 0 Å². The number of nitrogens with zero attached hydrogens (tertiary/aromatic N) is 3. The number of nitro benzene ring substituents is 1. The Labute approximate surface area is 169 Å². The smallest absolute Gasteiger partial charge is 0.279 e. The van der Waals surface area contributed by atoms with Gasteiger partial charge in [0.25, 0.3) is 11.6 Å². The van der Waals surface area contributed by atoms with Gasteiger partial charge in [-0.3, -0.25) is 19.7 Å². The summed E-state index contributed by atoms with van der Waals surface area (Å²) >= 11 is 0. The lowest BCUT2D eigenvalue weighted by atomic mass is 9.99. The summed E-state index contributed by atoms with van der Waals surface area (Å²) in [6.45, 7) is 0. The van der Waals surface area contributed by atoms with Gasteiger partial charge in [-0.05, 0) is 29.8 Å². The van der Waals surface area contributed by atoms with E-state index >= 15 is 0 Å². The zero-order chi connectivity index (χ0) is 22.2. The molecule has 0 N–H and O–H groups in total. The molecule has 2 amide bonds. The highest BCUT2D eigenvalue weighted by molar-refractivity contribution is 6.07. The van der Waals surface area contributed by atoms with Crippen LogP contribution in [0.25, 0.3) is 6.08 Å². The molecule has 156 valence electrons. The van der Waals surface area contributed by atoms with Crippen LogP contribution in [-0.4, -0.2) is 46.7 Å². The first-order chi connectivity index (χ1) is 14.1. The molecule has 30 heavy (non-hydrogen) atoms. The zero-order valence-corrected chi connectivity index (χ0v) is 15.9. The van der Waals surface area contributed by atoms with E-state index in [1.54, 1.807) is 0 Å². The molecule has 1 heterocycles. The van der Waals surface area contributed by atoms with Gasteiger partial charge in [-0.15, -0.1) is 0 Å². The SMILES string of the molecule is CN1C(=O)C(Cc2ccc(F)cc2)N(C)C(=O)C1=Cc1c([N+](=O)[O-])ccc(F)c1F. The lowest BCUT2D eigenvalue weighted by molar-refractivity contribution is -0.385. The second-order valence-electron chi connectivity index (χ2n) is 6.74. The number of piperazine rings is 1. The van der Waals surface area contributed by atoms with E-state index in [0.717, 1.165) is 21.9 Å². The maximum absolute atomic E-state index is 14.2. The Morgan fingerprint density at radius 2 is 1.70 bits per heavy atom. The second-order valence-corrected chi connectivity index (χ2v) is 6.74. The normalized spacial score (nSPS) is 18.3. The van der Waals surface area contributed by atoms with E-state index in [4.69, 9.17) is 0 Å². The van der Waals surface area contributed by atoms with Crippen molar-refractivity contribution in [1.82, 2.24) is 9.80 Å². The summed E-state index contributed by atoms with van der Waals surface area (Å²) in [5.74, 6) is -4.51. The van der Waals surface area contributed by atoms with Gasteiger partial charge >= 0.3 is 0 Å². The number of amides is 2. The van der Waals surface area contributed by atoms with Gasteiger partial charge in [0.2, 0.25) is 5.91 Å². The molecule has 0 saturated carbocycles. The van der Waals surface area contributed by atoms with Crippen molar-refractivity contribution in [3.05, 3.63) is 80.8 Å². The lowest BCUT2D eigenvalue weighted by Crippen LogP contribution is -2.56. The third kappa shape index (κ3) is 3.76. The van der Waals surface area contributed by atoms with Crippen LogP contribution in [0.5, 0.6) is 0 Å². The molecule has 1 aliphatic rings. The van der Waals surface area contributed by atoms with Crippen molar-refractivity contribution in [2.45, 2.75) is 12.5 Å². The van der Waals surface area contributed by atoms with Crippen LogP contribution in [-0.2, 0) is 16.0 Å². The quantitative estimate of drug-likeness (QED) is 0.433. The molecular weight excluding hydrogens is 403 g/mol. The average Bonchev–Trinajstić information content (AvgIpc) is 2.71. The minimum atomic E-state index is -1.50. The van der Waals surface area contributed by atoms with E-state index < -0.39 is 51.5 Å². The maximum Gasteiger partial charge on any atom is 0.279 e. The molecule has 10 heteroatoms. The summed E-state index contributed by atoms with van der Waals surface area (Å²) in [4.78, 5) is 38.0. The third-order valence-electron chi connectivity index (χ3n) is 4.91. The maximum atomic E-state index is 14.2. The Bertz CT molecular complexity index is 1070. The monoisotopic (exact) mass is 419 g/mol. The number of likely N-dealkylation sites (N-methyl/N-ethyl adjacent to an activating group) is 2. The van der Waals surface area contributed by atoms with Crippen molar-refractivity contribution in [2.24, 2.45) is 0 Å². The van der Waals surface area contributed by atoms with Crippen molar-refractivity contribution in [2.75, 3.05) is 14.1 Å². The Hall–Kier alpha value is -3.69. The molecule has 7 nitrogen and oxygen atoms in total. The van der Waals surface area contributed by atoms with Crippen LogP contribution in [0, 0.1) is 27.6 Å². The molecule has 2 aromatic carbocycles. The Balaban J connectivity index is 1.99. The van der Waals surface area contributed by atoms with Gasteiger partial charge in [0, 0.05) is 26.6 Å². The topological polar surface area (TPSA) is 83.8 Å². The highest BCUT2D eigenvalue weighted by atomic mass is 19.2. The number of hydrogen-bond donors (Lipinski definition) is 0. The van der Waals surface area contributed by atoms with E-state index in [-0.39, 0.29) is 12.1 Å². The van der Waals surface area contributed by atoms with Crippen molar-refractivity contribution in [3.63, 3.8) is 0 Å². The number of carbonyl (C=O) groups is 2. The van der Waals surface area contributed by atoms with E-state index in [9.17, 15) is 32.9 Å². The Morgan fingerprint density at radius 1 is 1.07 bits per heavy atom. The molecule has 0 radical (unpaired) electrons. The lowest BCUT2D eigenvalue weighted by Gasteiger charge is -2.38. The highest BCUT2D eigenvalue weighted by Crippen LogP contribution is 2.29. The Morgan fingerprint density at radius 3 is 2.30 bits per heavy atom. The minimum Gasteiger partial charge on any atom is -0.328 e. The summed E-state index contributed by atoms with van der Waals surface area (Å²) < 4.78 is 41.0. The first-order valence-corrected chi connectivity index (χ1v) is 8.75. The number of carbonyl (C=O) groups excluding carboxylic acids is 2. The van der Waals surface area contributed by atoms with Crippen LogP contribution < -0.4 is 0 Å². The van der Waals surface area contributed by atoms with Crippen LogP contribution in [0.15, 0.2) is 42.1 Å². The van der Waals surface area contributed by atoms with Gasteiger partial charge in [0.1, 0.15) is 17.6 Å². The fourth-order valence-electron chi connectivity index (χ4n) is 3.19. The standard InChI is InChI=1S/C20H16F3N3O4/c1-24-16(9-11-3-5-12(21)6-4-11)19(27)25(2)17(20(24)28)10-13-15(26(29)30)8-7-14(22)18(13)23/h3-8,10,16H,9H2,1-2H3. The van der Waals surface area contributed by atoms with Gasteiger partial charge in [-0.2, -0.15) is 0 Å². The summed E-state index contributed by atoms with van der Waals surface area (Å²) in [5, 5.41) is 11.2. The van der Waals surface area contributed by atoms with Crippen molar-refractivity contribution in [3.8, 4) is 0 Å². The number of nitro groups is 1. The molecule has 0 aromatic heterocycles. The number of halogens is 3. The summed E-state index contributed by atoms with van der Waals surface area (Å²) in [5.41, 5.74) is -1.22. The Kier molecular flexibility index (Phi) is 5.59. The van der Waals surface area contributed by atoms with Crippen molar-refractivity contribution >= 4 is 23.6 Å². The zero-order valence-electron chi connectivity index (χ0n) is 15.9. The minimum absolute atomic E-state index is 0.105. The fourth-order valence-corrected chi connectivity index (χ4v) is 3.19. The molecule has 1 atom stereocenters. The second kappa shape index (κ2) is 7.97. The van der Waals surface area contributed by atoms with Gasteiger partial charge < -0.3 is 9.80 Å². The van der Waals surface area contributed by atoms with E-state index in [0.29, 0.717) is 11.6 Å². The molecule has 0 aliphatic carbocycles. The third-order valence-corrected chi connectivity index (χ3v) is 4.91. The predicted octanol–water partition coefficient (Wildman–Crippen LogP) is 2.89. The summed E-state index contributed by atoms with van der Waals surface area (Å²) in [6, 6.07) is 5.89. The first-order valence-electron chi connectivity index (χ1n) is 8.75. The number of hydrogen-bond acceptors (Lipinski definition) is 4. The first kappa shape index (κ1) is 21.0. The van der Waals surface area contributed by atoms with Crippen LogP contribution in [0.3, 0.4) is 0 Å². The fraction of sp³-hybridized carbons (Fsp3) is 0.200. The molecular formula is C20H16F3N3O4. The van der Waals surface area contributed by atoms with Crippen LogP contribution in [0.2, 0.25) is 0 Å². The van der Waals surface area contributed by atoms with Gasteiger partial charge in [-0.25, -0.2) is 13.2 Å². The molecule has 3 rings (SSSR count). The summed E-state index contributed by atoms with van der Waals surface area (Å²) in [6.07, 6.45) is 0.898. The highest BCUT2D eigenvalue weighted by Gasteiger charge is 2.39. The van der Waals surface area contributed by atoms with Crippen molar-refractivity contribution < 1.29 is 27.7 Å². The largest absolute Gasteiger partial charge is 0.328 e. The average molecular weight is 419 g/mol. The van der Waals surface area contributed by atoms with Gasteiger partial charge in [0.15, 0.2) is 11.6 Å². The summed E-state index contributed by atoms with van der Waals surface area (Å²) in [7, 11) is 2.62. The molecule has 1 unspecified atom stereocenters. The van der Waals surface area contributed by atoms with Crippen molar-refractivity contribution in [1.29, 1.82) is 0 Å². The molecule has 2 aromatic rings.